The highest BCUT2D eigenvalue weighted by atomic mass is 19.4. The molecule has 0 aromatic heterocycles. The minimum Gasteiger partial charge on any atom is -0.273 e. The molecule has 0 aliphatic carbocycles. The average molecular weight is 140 g/mol. The number of rotatable bonds is 1. The van der Waals surface area contributed by atoms with Crippen LogP contribution in [0.3, 0.4) is 0 Å². The first kappa shape index (κ1) is 8.26. The van der Waals surface area contributed by atoms with Crippen LogP contribution in [0.25, 0.3) is 0 Å². The molecule has 53 valence electrons. The van der Waals surface area contributed by atoms with Crippen LogP contribution in [-0.2, 0) is 4.79 Å². The molecule has 0 bridgehead atoms. The maximum absolute atomic E-state index is 11.2. The largest absolute Gasteiger partial charge is 0.408 e. The predicted molar refractivity (Wildman–Crippen MR) is 23.7 cm³/mol. The molecule has 9 heavy (non-hydrogen) atoms. The van der Waals surface area contributed by atoms with E-state index in [1.54, 1.807) is 0 Å². The Morgan fingerprint density at radius 3 is 2.11 bits per heavy atom. The number of nitrogens with zero attached hydrogens (tertiary/aromatic N) is 1. The lowest BCUT2D eigenvalue weighted by Crippen LogP contribution is -2.26. The Morgan fingerprint density at radius 2 is 2.00 bits per heavy atom. The van der Waals surface area contributed by atoms with E-state index in [1.165, 1.54) is 0 Å². The van der Waals surface area contributed by atoms with E-state index in [-0.39, 0.29) is 0 Å². The van der Waals surface area contributed by atoms with Crippen LogP contribution >= 0.6 is 0 Å². The van der Waals surface area contributed by atoms with Crippen molar-refractivity contribution in [2.75, 3.05) is 6.54 Å². The molecule has 0 aromatic carbocycles. The summed E-state index contributed by atoms with van der Waals surface area (Å²) in [6.45, 7) is -0.395. The summed E-state index contributed by atoms with van der Waals surface area (Å²) in [5.41, 5.74) is 0. The van der Waals surface area contributed by atoms with Gasteiger partial charge < -0.3 is 0 Å². The molecule has 0 saturated carbocycles. The summed E-state index contributed by atoms with van der Waals surface area (Å²) in [6.07, 6.45) is -4.36. The van der Waals surface area contributed by atoms with Crippen molar-refractivity contribution in [3.05, 3.63) is 0 Å². The van der Waals surface area contributed by atoms with Gasteiger partial charge in [-0.15, -0.1) is 0 Å². The maximum atomic E-state index is 11.2. The molecule has 0 atom stereocenters. The summed E-state index contributed by atoms with van der Waals surface area (Å²) in [4.78, 5) is 9.82. The van der Waals surface area contributed by atoms with Gasteiger partial charge in [0, 0.05) is 6.92 Å². The third-order valence-corrected chi connectivity index (χ3v) is 0.481. The van der Waals surface area contributed by atoms with E-state index >= 15 is 0 Å². The zero-order chi connectivity index (χ0) is 7.49. The molecule has 0 spiro atoms. The summed E-state index contributed by atoms with van der Waals surface area (Å²) < 4.78 is 33.5. The van der Waals surface area contributed by atoms with Gasteiger partial charge in [-0.25, -0.2) is 5.32 Å². The van der Waals surface area contributed by atoms with Crippen molar-refractivity contribution >= 4 is 5.91 Å². The number of hydrogen-bond donors (Lipinski definition) is 0. The fourth-order valence-electron chi connectivity index (χ4n) is 0.201. The fourth-order valence-corrected chi connectivity index (χ4v) is 0.201. The number of alkyl halides is 3. The van der Waals surface area contributed by atoms with E-state index in [0.29, 0.717) is 0 Å². The number of carbonyl (C=O) groups is 1. The molecular formula is C4H5F3NO. The van der Waals surface area contributed by atoms with Crippen molar-refractivity contribution in [1.29, 1.82) is 0 Å². The SMILES string of the molecule is CC(=O)[N]CC(F)(F)F. The monoisotopic (exact) mass is 140 g/mol. The Kier molecular flexibility index (Phi) is 2.48. The lowest BCUT2D eigenvalue weighted by Gasteiger charge is -2.02. The second-order valence-electron chi connectivity index (χ2n) is 1.45. The van der Waals surface area contributed by atoms with Crippen molar-refractivity contribution in [3.63, 3.8) is 0 Å². The van der Waals surface area contributed by atoms with E-state index in [9.17, 15) is 18.0 Å². The van der Waals surface area contributed by atoms with Crippen LogP contribution in [0.4, 0.5) is 13.2 Å². The average Bonchev–Trinajstić information content (AvgIpc) is 1.59. The van der Waals surface area contributed by atoms with Gasteiger partial charge in [-0.1, -0.05) is 0 Å². The first-order chi connectivity index (χ1) is 3.92. The van der Waals surface area contributed by atoms with Crippen LogP contribution < -0.4 is 5.32 Å². The van der Waals surface area contributed by atoms with Gasteiger partial charge in [-0.2, -0.15) is 13.2 Å². The molecule has 2 nitrogen and oxygen atoms in total. The molecule has 0 aliphatic heterocycles. The second kappa shape index (κ2) is 2.70. The molecule has 0 heterocycles. The van der Waals surface area contributed by atoms with Gasteiger partial charge in [0.15, 0.2) is 0 Å². The molecule has 1 radical (unpaired) electrons. The van der Waals surface area contributed by atoms with Crippen LogP contribution in [0, 0.1) is 0 Å². The first-order valence-corrected chi connectivity index (χ1v) is 2.16. The summed E-state index contributed by atoms with van der Waals surface area (Å²) >= 11 is 0. The van der Waals surface area contributed by atoms with Crippen LogP contribution in [0.15, 0.2) is 0 Å². The van der Waals surface area contributed by atoms with Crippen molar-refractivity contribution in [2.45, 2.75) is 13.1 Å². The minimum absolute atomic E-state index is 0.799. The molecule has 1 amide bonds. The highest BCUT2D eigenvalue weighted by Gasteiger charge is 2.27. The van der Waals surface area contributed by atoms with Crippen LogP contribution in [0.5, 0.6) is 0 Å². The van der Waals surface area contributed by atoms with Crippen LogP contribution in [0.2, 0.25) is 0 Å². The Labute approximate surface area is 50.0 Å². The minimum atomic E-state index is -4.36. The zero-order valence-electron chi connectivity index (χ0n) is 4.70. The number of halogens is 3. The summed E-state index contributed by atoms with van der Waals surface area (Å²) in [7, 11) is 0. The third-order valence-electron chi connectivity index (χ3n) is 0.481. The molecule has 0 saturated heterocycles. The smallest absolute Gasteiger partial charge is 0.273 e. The molecule has 0 fully saturated rings. The van der Waals surface area contributed by atoms with Crippen molar-refractivity contribution in [2.24, 2.45) is 0 Å². The van der Waals surface area contributed by atoms with Gasteiger partial charge in [0.05, 0.1) is 0 Å². The maximum Gasteiger partial charge on any atom is 0.408 e. The Bertz CT molecular complexity index is 109. The van der Waals surface area contributed by atoms with E-state index < -0.39 is 18.6 Å². The van der Waals surface area contributed by atoms with Crippen LogP contribution in [0.1, 0.15) is 6.92 Å². The Balaban J connectivity index is 3.39. The summed E-state index contributed by atoms with van der Waals surface area (Å²) in [5.74, 6) is -0.799. The summed E-state index contributed by atoms with van der Waals surface area (Å²) in [6, 6.07) is 0. The van der Waals surface area contributed by atoms with E-state index in [2.05, 4.69) is 5.32 Å². The van der Waals surface area contributed by atoms with Gasteiger partial charge in [-0.05, 0) is 0 Å². The standard InChI is InChI=1S/C4H5F3NO/c1-3(9)8-2-4(5,6)7/h2H2,1H3. The van der Waals surface area contributed by atoms with Gasteiger partial charge in [0.25, 0.3) is 0 Å². The van der Waals surface area contributed by atoms with Crippen molar-refractivity contribution in [1.82, 2.24) is 5.32 Å². The predicted octanol–water partition coefficient (Wildman–Crippen LogP) is 0.700. The van der Waals surface area contributed by atoms with Gasteiger partial charge >= 0.3 is 6.18 Å². The first-order valence-electron chi connectivity index (χ1n) is 2.16. The van der Waals surface area contributed by atoms with E-state index in [1.807, 2.05) is 0 Å². The Morgan fingerprint density at radius 1 is 1.56 bits per heavy atom. The van der Waals surface area contributed by atoms with Gasteiger partial charge in [0.2, 0.25) is 5.91 Å². The highest BCUT2D eigenvalue weighted by molar-refractivity contribution is 5.72. The third kappa shape index (κ3) is 7.26. The fraction of sp³-hybridized carbons (Fsp3) is 0.750. The molecular weight excluding hydrogens is 135 g/mol. The Hall–Kier alpha value is -0.740. The number of carbonyl (C=O) groups excluding carboxylic acids is 1. The van der Waals surface area contributed by atoms with Crippen molar-refractivity contribution < 1.29 is 18.0 Å². The number of amides is 1. The number of hydrogen-bond acceptors (Lipinski definition) is 1. The molecule has 0 rings (SSSR count). The molecule has 0 aromatic rings. The molecule has 5 heteroatoms. The lowest BCUT2D eigenvalue weighted by molar-refractivity contribution is -0.137. The topological polar surface area (TPSA) is 31.2 Å². The van der Waals surface area contributed by atoms with Gasteiger partial charge in [-0.3, -0.25) is 4.79 Å². The quantitative estimate of drug-likeness (QED) is 0.527. The van der Waals surface area contributed by atoms with E-state index in [4.69, 9.17) is 0 Å². The summed E-state index contributed by atoms with van der Waals surface area (Å²) in [5, 5.41) is 2.63. The van der Waals surface area contributed by atoms with Gasteiger partial charge in [0.1, 0.15) is 6.54 Å². The molecule has 0 unspecified atom stereocenters. The normalized spacial score (nSPS) is 11.1. The highest BCUT2D eigenvalue weighted by Crippen LogP contribution is 2.12. The van der Waals surface area contributed by atoms with E-state index in [0.717, 1.165) is 6.92 Å². The van der Waals surface area contributed by atoms with Crippen molar-refractivity contribution in [3.8, 4) is 0 Å². The second-order valence-corrected chi connectivity index (χ2v) is 1.45. The molecule has 0 N–H and O–H groups in total. The molecule has 0 aliphatic rings. The zero-order valence-corrected chi connectivity index (χ0v) is 4.70. The lowest BCUT2D eigenvalue weighted by atomic mass is 10.6. The van der Waals surface area contributed by atoms with Crippen LogP contribution in [-0.4, -0.2) is 18.6 Å².